The van der Waals surface area contributed by atoms with Gasteiger partial charge in [-0.1, -0.05) is 18.2 Å². The molecule has 0 bridgehead atoms. The molecule has 1 aliphatic heterocycles. The first-order valence-electron chi connectivity index (χ1n) is 10.1. The molecule has 0 aliphatic carbocycles. The number of ketones is 1. The molecule has 154 valence electrons. The van der Waals surface area contributed by atoms with E-state index in [2.05, 4.69) is 21.3 Å². The lowest BCUT2D eigenvalue weighted by Crippen LogP contribution is -2.22. The van der Waals surface area contributed by atoms with Crippen molar-refractivity contribution in [3.63, 3.8) is 0 Å². The Morgan fingerprint density at radius 1 is 1.03 bits per heavy atom. The van der Waals surface area contributed by atoms with Gasteiger partial charge in [-0.15, -0.1) is 11.3 Å². The van der Waals surface area contributed by atoms with Crippen molar-refractivity contribution in [3.05, 3.63) is 106 Å². The third-order valence-corrected chi connectivity index (χ3v) is 6.59. The SMILES string of the molecule is Cc1ccsc1C(=O)Nc1ccc(C(=O)C2Nc3ccccc3Cn3cccc32)cc1. The summed E-state index contributed by atoms with van der Waals surface area (Å²) in [6, 6.07) is 20.6. The maximum Gasteiger partial charge on any atom is 0.265 e. The van der Waals surface area contributed by atoms with Gasteiger partial charge in [0.15, 0.2) is 5.78 Å². The normalized spacial score (nSPS) is 14.7. The molecule has 4 aromatic rings. The van der Waals surface area contributed by atoms with Gasteiger partial charge < -0.3 is 15.2 Å². The van der Waals surface area contributed by atoms with Crippen LogP contribution in [0.3, 0.4) is 0 Å². The van der Waals surface area contributed by atoms with E-state index in [0.29, 0.717) is 16.1 Å². The number of carbonyl (C=O) groups excluding carboxylic acids is 2. The van der Waals surface area contributed by atoms with Crippen LogP contribution in [0.15, 0.2) is 78.3 Å². The number of anilines is 2. The summed E-state index contributed by atoms with van der Waals surface area (Å²) in [6.07, 6.45) is 2.00. The van der Waals surface area contributed by atoms with Crippen LogP contribution in [0.2, 0.25) is 0 Å². The van der Waals surface area contributed by atoms with E-state index in [1.165, 1.54) is 11.3 Å². The summed E-state index contributed by atoms with van der Waals surface area (Å²) in [5, 5.41) is 8.24. The maximum absolute atomic E-state index is 13.4. The molecular formula is C25H21N3O2S. The molecule has 2 aromatic heterocycles. The molecule has 31 heavy (non-hydrogen) atoms. The first-order valence-corrected chi connectivity index (χ1v) is 11.0. The van der Waals surface area contributed by atoms with Crippen LogP contribution in [-0.2, 0) is 6.54 Å². The lowest BCUT2D eigenvalue weighted by Gasteiger charge is -2.18. The molecule has 1 amide bonds. The summed E-state index contributed by atoms with van der Waals surface area (Å²) in [5.41, 5.74) is 5.27. The van der Waals surface area contributed by atoms with Crippen LogP contribution < -0.4 is 10.6 Å². The Morgan fingerprint density at radius 3 is 2.61 bits per heavy atom. The van der Waals surface area contributed by atoms with Gasteiger partial charge in [0.1, 0.15) is 6.04 Å². The summed E-state index contributed by atoms with van der Waals surface area (Å²) in [7, 11) is 0. The second-order valence-electron chi connectivity index (χ2n) is 7.62. The molecule has 0 radical (unpaired) electrons. The number of benzene rings is 2. The van der Waals surface area contributed by atoms with Crippen molar-refractivity contribution < 1.29 is 9.59 Å². The summed E-state index contributed by atoms with van der Waals surface area (Å²) in [6.45, 7) is 2.64. The minimum Gasteiger partial charge on any atom is -0.370 e. The van der Waals surface area contributed by atoms with E-state index in [1.807, 2.05) is 54.9 Å². The van der Waals surface area contributed by atoms with E-state index in [0.717, 1.165) is 29.1 Å². The summed E-state index contributed by atoms with van der Waals surface area (Å²) < 4.78 is 2.11. The zero-order chi connectivity index (χ0) is 21.4. The molecule has 6 heteroatoms. The zero-order valence-corrected chi connectivity index (χ0v) is 17.8. The van der Waals surface area contributed by atoms with E-state index in [1.54, 1.807) is 24.3 Å². The van der Waals surface area contributed by atoms with Gasteiger partial charge in [-0.25, -0.2) is 0 Å². The Bertz CT molecular complexity index is 1270. The van der Waals surface area contributed by atoms with Crippen molar-refractivity contribution in [2.24, 2.45) is 0 Å². The van der Waals surface area contributed by atoms with Gasteiger partial charge in [-0.3, -0.25) is 9.59 Å². The standard InChI is InChI=1S/C25H21N3O2S/c1-16-12-14-31-24(16)25(30)26-19-10-8-17(9-11-19)23(29)22-21-7-4-13-28(21)15-18-5-2-3-6-20(18)27-22/h2-14,22,27H,15H2,1H3,(H,26,30). The highest BCUT2D eigenvalue weighted by molar-refractivity contribution is 7.12. The topological polar surface area (TPSA) is 63.1 Å². The molecule has 2 aromatic carbocycles. The quantitative estimate of drug-likeness (QED) is 0.422. The van der Waals surface area contributed by atoms with Gasteiger partial charge in [0.25, 0.3) is 5.91 Å². The van der Waals surface area contributed by atoms with Crippen molar-refractivity contribution in [1.29, 1.82) is 0 Å². The lowest BCUT2D eigenvalue weighted by atomic mass is 10.0. The van der Waals surface area contributed by atoms with Crippen LogP contribution in [0.1, 0.15) is 42.9 Å². The van der Waals surface area contributed by atoms with Crippen molar-refractivity contribution >= 4 is 34.4 Å². The first kappa shape index (κ1) is 19.3. The number of thiophene rings is 1. The Morgan fingerprint density at radius 2 is 1.84 bits per heavy atom. The van der Waals surface area contributed by atoms with E-state index in [-0.39, 0.29) is 11.7 Å². The number of aryl methyl sites for hydroxylation is 1. The Kier molecular flexibility index (Phi) is 4.92. The van der Waals surface area contributed by atoms with Crippen molar-refractivity contribution in [2.75, 3.05) is 10.6 Å². The fraction of sp³-hybridized carbons (Fsp3) is 0.120. The molecule has 1 unspecified atom stereocenters. The Balaban J connectivity index is 1.39. The lowest BCUT2D eigenvalue weighted by molar-refractivity contribution is 0.0966. The molecule has 2 N–H and O–H groups in total. The predicted molar refractivity (Wildman–Crippen MR) is 124 cm³/mol. The number of aromatic nitrogens is 1. The number of nitrogens with zero attached hydrogens (tertiary/aromatic N) is 1. The first-order chi connectivity index (χ1) is 15.1. The van der Waals surface area contributed by atoms with Gasteiger partial charge in [0, 0.05) is 35.4 Å². The molecule has 5 nitrogen and oxygen atoms in total. The number of Topliss-reactive ketones (excluding diaryl/α,β-unsaturated/α-hetero) is 1. The molecular weight excluding hydrogens is 406 g/mol. The number of carbonyl (C=O) groups is 2. The van der Waals surface area contributed by atoms with Crippen LogP contribution >= 0.6 is 11.3 Å². The van der Waals surface area contributed by atoms with Gasteiger partial charge >= 0.3 is 0 Å². The minimum atomic E-state index is -0.479. The molecule has 3 heterocycles. The summed E-state index contributed by atoms with van der Waals surface area (Å²) >= 11 is 1.42. The van der Waals surface area contributed by atoms with Crippen LogP contribution in [0.4, 0.5) is 11.4 Å². The van der Waals surface area contributed by atoms with Gasteiger partial charge in [0.05, 0.1) is 4.88 Å². The fourth-order valence-electron chi connectivity index (χ4n) is 3.92. The third kappa shape index (κ3) is 3.66. The minimum absolute atomic E-state index is 0.0105. The second kappa shape index (κ2) is 7.89. The van der Waals surface area contributed by atoms with Crippen LogP contribution in [0, 0.1) is 6.92 Å². The Labute approximate surface area is 184 Å². The molecule has 0 saturated heterocycles. The fourth-order valence-corrected chi connectivity index (χ4v) is 4.74. The van der Waals surface area contributed by atoms with E-state index < -0.39 is 6.04 Å². The molecule has 0 saturated carbocycles. The number of rotatable bonds is 4. The van der Waals surface area contributed by atoms with Crippen molar-refractivity contribution in [1.82, 2.24) is 4.57 Å². The van der Waals surface area contributed by atoms with E-state index in [9.17, 15) is 9.59 Å². The summed E-state index contributed by atoms with van der Waals surface area (Å²) in [4.78, 5) is 26.6. The van der Waals surface area contributed by atoms with Crippen molar-refractivity contribution in [3.8, 4) is 0 Å². The highest BCUT2D eigenvalue weighted by Gasteiger charge is 2.28. The average Bonchev–Trinajstić information content (AvgIpc) is 3.39. The molecule has 5 rings (SSSR count). The zero-order valence-electron chi connectivity index (χ0n) is 17.0. The van der Waals surface area contributed by atoms with Crippen LogP contribution in [0.5, 0.6) is 0 Å². The molecule has 0 fully saturated rings. The highest BCUT2D eigenvalue weighted by atomic mass is 32.1. The number of nitrogens with one attached hydrogen (secondary N) is 2. The number of hydrogen-bond acceptors (Lipinski definition) is 4. The van der Waals surface area contributed by atoms with Gasteiger partial charge in [-0.2, -0.15) is 0 Å². The van der Waals surface area contributed by atoms with Crippen molar-refractivity contribution in [2.45, 2.75) is 19.5 Å². The second-order valence-corrected chi connectivity index (χ2v) is 8.54. The summed E-state index contributed by atoms with van der Waals surface area (Å²) in [5.74, 6) is -0.143. The average molecular weight is 428 g/mol. The maximum atomic E-state index is 13.4. The van der Waals surface area contributed by atoms with Gasteiger partial charge in [-0.05, 0) is 72.0 Å². The van der Waals surface area contributed by atoms with E-state index in [4.69, 9.17) is 0 Å². The Hall–Kier alpha value is -3.64. The predicted octanol–water partition coefficient (Wildman–Crippen LogP) is 5.51. The molecule has 1 aliphatic rings. The smallest absolute Gasteiger partial charge is 0.265 e. The molecule has 0 spiro atoms. The number of amides is 1. The third-order valence-electron chi connectivity index (χ3n) is 5.58. The van der Waals surface area contributed by atoms with E-state index >= 15 is 0 Å². The van der Waals surface area contributed by atoms with Gasteiger partial charge in [0.2, 0.25) is 0 Å². The van der Waals surface area contributed by atoms with Crippen LogP contribution in [-0.4, -0.2) is 16.3 Å². The highest BCUT2D eigenvalue weighted by Crippen LogP contribution is 2.31. The number of hydrogen-bond donors (Lipinski definition) is 2. The van der Waals surface area contributed by atoms with Crippen LogP contribution in [0.25, 0.3) is 0 Å². The number of fused-ring (bicyclic) bond motifs is 2. The number of para-hydroxylation sites is 1. The molecule has 1 atom stereocenters. The largest absolute Gasteiger partial charge is 0.370 e. The monoisotopic (exact) mass is 427 g/mol.